The maximum Gasteiger partial charge on any atom is 0.416 e. The molecule has 2 atom stereocenters. The molecule has 3 rings (SSSR count). The number of para-hydroxylation sites is 1. The summed E-state index contributed by atoms with van der Waals surface area (Å²) in [6.45, 7) is 3.44. The zero-order chi connectivity index (χ0) is 23.8. The van der Waals surface area contributed by atoms with E-state index in [1.165, 1.54) is 28.8 Å². The van der Waals surface area contributed by atoms with Crippen LogP contribution in [0.15, 0.2) is 60.8 Å². The van der Waals surface area contributed by atoms with Crippen LogP contribution in [-0.4, -0.2) is 38.6 Å². The summed E-state index contributed by atoms with van der Waals surface area (Å²) >= 11 is 1.19. The normalized spacial score (nSPS) is 12.9. The highest BCUT2D eigenvalue weighted by molar-refractivity contribution is 8.13. The molecule has 0 saturated heterocycles. The van der Waals surface area contributed by atoms with E-state index in [-0.39, 0.29) is 23.0 Å². The Morgan fingerprint density at radius 3 is 2.45 bits per heavy atom. The Morgan fingerprint density at radius 1 is 1.06 bits per heavy atom. The number of thioether (sulfide) groups is 1. The van der Waals surface area contributed by atoms with Crippen LogP contribution >= 0.6 is 11.8 Å². The minimum atomic E-state index is -1.03. The zero-order valence-electron chi connectivity index (χ0n) is 19.0. The first-order valence-corrected chi connectivity index (χ1v) is 12.1. The van der Waals surface area contributed by atoms with E-state index in [4.69, 9.17) is 0 Å². The molecule has 1 aromatic heterocycles. The molecular weight excluding hydrogens is 436 g/mol. The lowest BCUT2D eigenvalue weighted by molar-refractivity contribution is -0.125. The lowest BCUT2D eigenvalue weighted by Crippen LogP contribution is -2.39. The summed E-state index contributed by atoms with van der Waals surface area (Å²) in [5, 5.41) is 13.4. The van der Waals surface area contributed by atoms with Crippen molar-refractivity contribution >= 4 is 39.8 Å². The van der Waals surface area contributed by atoms with Crippen molar-refractivity contribution in [3.05, 3.63) is 71.9 Å². The Hall–Kier alpha value is -3.06. The molecule has 1 heterocycles. The molecular formula is C26H30N2O4S. The van der Waals surface area contributed by atoms with E-state index in [1.807, 2.05) is 43.3 Å². The fourth-order valence-electron chi connectivity index (χ4n) is 4.02. The fraction of sp³-hybridized carbons (Fsp3) is 0.346. The highest BCUT2D eigenvalue weighted by Gasteiger charge is 2.22. The molecule has 0 aliphatic carbocycles. The van der Waals surface area contributed by atoms with Crippen LogP contribution in [0.25, 0.3) is 10.9 Å². The lowest BCUT2D eigenvalue weighted by atomic mass is 9.99. The number of hydrogen-bond acceptors (Lipinski definition) is 4. The molecule has 1 unspecified atom stereocenters. The van der Waals surface area contributed by atoms with Gasteiger partial charge >= 0.3 is 6.09 Å². The highest BCUT2D eigenvalue weighted by Crippen LogP contribution is 2.23. The van der Waals surface area contributed by atoms with Gasteiger partial charge in [0.15, 0.2) is 5.12 Å². The maximum absolute atomic E-state index is 13.0. The predicted molar refractivity (Wildman–Crippen MR) is 133 cm³/mol. The monoisotopic (exact) mass is 466 g/mol. The number of nitrogens with one attached hydrogen (secondary N) is 1. The number of carbonyl (C=O) groups is 3. The average Bonchev–Trinajstić information content (AvgIpc) is 3.15. The quantitative estimate of drug-likeness (QED) is 0.432. The third-order valence-corrected chi connectivity index (χ3v) is 6.61. The number of carboxylic acid groups (broad SMARTS) is 1. The predicted octanol–water partition coefficient (Wildman–Crippen LogP) is 5.13. The van der Waals surface area contributed by atoms with Crippen molar-refractivity contribution in [2.24, 2.45) is 5.92 Å². The molecule has 0 aliphatic rings. The summed E-state index contributed by atoms with van der Waals surface area (Å²) in [5.74, 6) is 0.137. The molecule has 0 saturated carbocycles. The molecule has 0 bridgehead atoms. The van der Waals surface area contributed by atoms with Gasteiger partial charge in [0.2, 0.25) is 5.91 Å². The smallest absolute Gasteiger partial charge is 0.416 e. The number of rotatable bonds is 10. The van der Waals surface area contributed by atoms with Crippen LogP contribution in [-0.2, 0) is 22.4 Å². The van der Waals surface area contributed by atoms with Crippen molar-refractivity contribution < 1.29 is 19.5 Å². The lowest BCUT2D eigenvalue weighted by Gasteiger charge is -2.20. The SMILES string of the molecule is CC(=O)SCC(CCCc1ccccc1)C(=O)N[C@H](C)Cc1cn(C(=O)O)c2ccccc12. The number of aryl methyl sites for hydroxylation is 1. The molecule has 174 valence electrons. The minimum Gasteiger partial charge on any atom is -0.464 e. The molecule has 1 amide bonds. The summed E-state index contributed by atoms with van der Waals surface area (Å²) < 4.78 is 1.22. The third kappa shape index (κ3) is 6.96. The summed E-state index contributed by atoms with van der Waals surface area (Å²) in [5.41, 5.74) is 2.74. The van der Waals surface area contributed by atoms with Gasteiger partial charge in [-0.25, -0.2) is 4.79 Å². The van der Waals surface area contributed by atoms with Crippen LogP contribution in [0.1, 0.15) is 37.8 Å². The zero-order valence-corrected chi connectivity index (χ0v) is 19.8. The number of carbonyl (C=O) groups excluding carboxylic acids is 2. The molecule has 2 aromatic carbocycles. The van der Waals surface area contributed by atoms with Gasteiger partial charge in [-0.05, 0) is 49.8 Å². The number of hydrogen-bond donors (Lipinski definition) is 2. The van der Waals surface area contributed by atoms with E-state index in [0.29, 0.717) is 24.1 Å². The number of fused-ring (bicyclic) bond motifs is 1. The van der Waals surface area contributed by atoms with E-state index in [0.717, 1.165) is 23.8 Å². The van der Waals surface area contributed by atoms with E-state index in [2.05, 4.69) is 17.4 Å². The van der Waals surface area contributed by atoms with Crippen molar-refractivity contribution in [3.8, 4) is 0 Å². The number of benzene rings is 2. The van der Waals surface area contributed by atoms with Crippen LogP contribution in [0, 0.1) is 5.92 Å². The third-order valence-electron chi connectivity index (χ3n) is 5.63. The van der Waals surface area contributed by atoms with Crippen LogP contribution in [0.5, 0.6) is 0 Å². The number of nitrogens with zero attached hydrogens (tertiary/aromatic N) is 1. The molecule has 0 aliphatic heterocycles. The van der Waals surface area contributed by atoms with Crippen LogP contribution < -0.4 is 5.32 Å². The first-order chi connectivity index (χ1) is 15.8. The molecule has 0 spiro atoms. The summed E-state index contributed by atoms with van der Waals surface area (Å²) in [4.78, 5) is 36.1. The van der Waals surface area contributed by atoms with Gasteiger partial charge in [-0.2, -0.15) is 0 Å². The van der Waals surface area contributed by atoms with Gasteiger partial charge in [-0.3, -0.25) is 14.2 Å². The summed E-state index contributed by atoms with van der Waals surface area (Å²) in [7, 11) is 0. The first-order valence-electron chi connectivity index (χ1n) is 11.1. The van der Waals surface area contributed by atoms with Crippen molar-refractivity contribution in [1.29, 1.82) is 0 Å². The standard InChI is InChI=1S/C26H30N2O4S/c1-18(15-22-16-28(26(31)32)24-14-7-6-13-23(22)24)27-25(30)21(17-33-19(2)29)12-8-11-20-9-4-3-5-10-20/h3-7,9-10,13-14,16,18,21H,8,11-12,15,17H2,1-2H3,(H,27,30)(H,31,32)/t18-,21?/m1/s1. The fourth-order valence-corrected chi connectivity index (χ4v) is 4.77. The number of aromatic nitrogens is 1. The van der Waals surface area contributed by atoms with Gasteiger partial charge in [0.05, 0.1) is 5.52 Å². The van der Waals surface area contributed by atoms with E-state index in [9.17, 15) is 19.5 Å². The van der Waals surface area contributed by atoms with Crippen molar-refractivity contribution in [1.82, 2.24) is 9.88 Å². The Bertz CT molecular complexity index is 1110. The Kier molecular flexibility index (Phi) is 8.72. The Labute approximate surface area is 198 Å². The van der Waals surface area contributed by atoms with Gasteiger partial charge in [0.25, 0.3) is 0 Å². The van der Waals surface area contributed by atoms with Gasteiger partial charge in [-0.15, -0.1) is 0 Å². The molecule has 33 heavy (non-hydrogen) atoms. The Morgan fingerprint density at radius 2 is 1.76 bits per heavy atom. The second kappa shape index (κ2) is 11.7. The molecule has 2 N–H and O–H groups in total. The van der Waals surface area contributed by atoms with Crippen LogP contribution in [0.3, 0.4) is 0 Å². The highest BCUT2D eigenvalue weighted by atomic mass is 32.2. The van der Waals surface area contributed by atoms with Gasteiger partial charge in [-0.1, -0.05) is 60.3 Å². The summed E-state index contributed by atoms with van der Waals surface area (Å²) in [6.07, 6.45) is 3.56. The average molecular weight is 467 g/mol. The first kappa shape index (κ1) is 24.6. The van der Waals surface area contributed by atoms with Crippen LogP contribution in [0.2, 0.25) is 0 Å². The van der Waals surface area contributed by atoms with E-state index in [1.54, 1.807) is 12.3 Å². The van der Waals surface area contributed by atoms with Gasteiger partial charge in [0, 0.05) is 36.2 Å². The number of amides is 1. The second-order valence-electron chi connectivity index (χ2n) is 8.32. The maximum atomic E-state index is 13.0. The van der Waals surface area contributed by atoms with Crippen LogP contribution in [0.4, 0.5) is 4.79 Å². The molecule has 7 heteroatoms. The molecule has 3 aromatic rings. The van der Waals surface area contributed by atoms with Gasteiger partial charge in [0.1, 0.15) is 0 Å². The molecule has 6 nitrogen and oxygen atoms in total. The summed E-state index contributed by atoms with van der Waals surface area (Å²) in [6, 6.07) is 17.3. The largest absolute Gasteiger partial charge is 0.464 e. The minimum absolute atomic E-state index is 0.00499. The second-order valence-corrected chi connectivity index (χ2v) is 9.51. The van der Waals surface area contributed by atoms with Crippen molar-refractivity contribution in [2.75, 3.05) is 5.75 Å². The van der Waals surface area contributed by atoms with E-state index >= 15 is 0 Å². The van der Waals surface area contributed by atoms with Crippen molar-refractivity contribution in [3.63, 3.8) is 0 Å². The van der Waals surface area contributed by atoms with Gasteiger partial charge < -0.3 is 10.4 Å². The molecule has 0 fully saturated rings. The topological polar surface area (TPSA) is 88.4 Å². The molecule has 0 radical (unpaired) electrons. The van der Waals surface area contributed by atoms with E-state index < -0.39 is 6.09 Å². The van der Waals surface area contributed by atoms with Crippen molar-refractivity contribution in [2.45, 2.75) is 45.6 Å². The Balaban J connectivity index is 1.63.